The zero-order valence-corrected chi connectivity index (χ0v) is 32.0. The second kappa shape index (κ2) is 18.1. The maximum atomic E-state index is 12.6. The first-order valence-corrected chi connectivity index (χ1v) is 19.6. The van der Waals surface area contributed by atoms with Crippen LogP contribution in [0.25, 0.3) is 11.3 Å². The topological polar surface area (TPSA) is 127 Å². The van der Waals surface area contributed by atoms with Gasteiger partial charge in [-0.25, -0.2) is 19.0 Å². The van der Waals surface area contributed by atoms with Gasteiger partial charge in [-0.15, -0.1) is 0 Å². The van der Waals surface area contributed by atoms with Gasteiger partial charge in [0.15, 0.2) is 11.3 Å². The van der Waals surface area contributed by atoms with Gasteiger partial charge in [-0.1, -0.05) is 31.9 Å². The highest BCUT2D eigenvalue weighted by Gasteiger charge is 2.36. The van der Waals surface area contributed by atoms with Gasteiger partial charge in [0.1, 0.15) is 5.15 Å². The predicted octanol–water partition coefficient (Wildman–Crippen LogP) is 7.82. The highest BCUT2D eigenvalue weighted by Crippen LogP contribution is 2.43. The van der Waals surface area contributed by atoms with E-state index >= 15 is 0 Å². The molecular weight excluding hydrogens is 738 g/mol. The number of nitrogens with zero attached hydrogens (tertiary/aromatic N) is 8. The van der Waals surface area contributed by atoms with Gasteiger partial charge in [0, 0.05) is 49.6 Å². The summed E-state index contributed by atoms with van der Waals surface area (Å²) in [5, 5.41) is 9.40. The van der Waals surface area contributed by atoms with Crippen LogP contribution in [0.1, 0.15) is 112 Å². The maximum absolute atomic E-state index is 12.6. The van der Waals surface area contributed by atoms with Gasteiger partial charge in [0.25, 0.3) is 12.2 Å². The molecule has 55 heavy (non-hydrogen) atoms. The van der Waals surface area contributed by atoms with Crippen LogP contribution in [-0.2, 0) is 29.1 Å². The van der Waals surface area contributed by atoms with E-state index in [1.807, 2.05) is 16.6 Å². The molecule has 4 aromatic rings. The highest BCUT2D eigenvalue weighted by molar-refractivity contribution is 6.29. The van der Waals surface area contributed by atoms with E-state index in [9.17, 15) is 27.2 Å². The summed E-state index contributed by atoms with van der Waals surface area (Å²) in [6.45, 7) is 6.33. The standard InChI is InChI=1S/C20H24F2N4O.C16H15ClF2N4O.C3H9N/c1-2-3-4-15-7-8-18-23-20(14-5-6-14)16(26(18)24-15)12-25-11-13(9-17(21)22)10-19(25)27;17-12-3-4-14-20-16(10-1-2-10)11(23(14)21-12)8-22-7-9(5-13(18)19)6-15(22)24;1-2-3-4/h7-9,13-14H,2-6,10-12H2,1H3;3-5,9-10H,1-2,6-8H2;2-4H2,1H3. The van der Waals surface area contributed by atoms with Crippen LogP contribution in [0.15, 0.2) is 48.6 Å². The quantitative estimate of drug-likeness (QED) is 0.145. The molecule has 2 amide bonds. The summed E-state index contributed by atoms with van der Waals surface area (Å²) in [4.78, 5) is 37.2. The molecule has 6 heterocycles. The lowest BCUT2D eigenvalue weighted by Crippen LogP contribution is -2.26. The van der Waals surface area contributed by atoms with Crippen molar-refractivity contribution in [1.29, 1.82) is 0 Å². The van der Waals surface area contributed by atoms with Gasteiger partial charge >= 0.3 is 0 Å². The second-order valence-corrected chi connectivity index (χ2v) is 15.1. The Bertz CT molecular complexity index is 2050. The monoisotopic (exact) mass is 785 g/mol. The van der Waals surface area contributed by atoms with Crippen molar-refractivity contribution in [3.05, 3.63) is 82.2 Å². The van der Waals surface area contributed by atoms with Crippen LogP contribution in [0.4, 0.5) is 17.6 Å². The van der Waals surface area contributed by atoms with Crippen molar-refractivity contribution in [1.82, 2.24) is 39.0 Å². The lowest BCUT2D eigenvalue weighted by molar-refractivity contribution is -0.129. The third-order valence-corrected chi connectivity index (χ3v) is 10.3. The molecule has 16 heteroatoms. The van der Waals surface area contributed by atoms with Gasteiger partial charge in [0.05, 0.1) is 41.6 Å². The van der Waals surface area contributed by atoms with E-state index in [0.29, 0.717) is 42.3 Å². The van der Waals surface area contributed by atoms with Crippen LogP contribution in [0.2, 0.25) is 5.15 Å². The molecule has 2 atom stereocenters. The predicted molar refractivity (Wildman–Crippen MR) is 201 cm³/mol. The van der Waals surface area contributed by atoms with Crippen LogP contribution >= 0.6 is 11.6 Å². The molecule has 4 fully saturated rings. The zero-order chi connectivity index (χ0) is 39.2. The maximum Gasteiger partial charge on any atom is 0.266 e. The van der Waals surface area contributed by atoms with Crippen LogP contribution in [0, 0.1) is 11.8 Å². The lowest BCUT2D eigenvalue weighted by Gasteiger charge is -2.16. The van der Waals surface area contributed by atoms with E-state index in [1.54, 1.807) is 26.4 Å². The number of carbonyl (C=O) groups excluding carboxylic acids is 2. The molecule has 2 saturated heterocycles. The molecule has 2 N–H and O–H groups in total. The average Bonchev–Trinajstić information content (AvgIpc) is 4.06. The lowest BCUT2D eigenvalue weighted by atomic mass is 10.1. The van der Waals surface area contributed by atoms with Crippen LogP contribution in [-0.4, -0.2) is 70.4 Å². The number of likely N-dealkylation sites (tertiary alicyclic amines) is 2. The summed E-state index contributed by atoms with van der Waals surface area (Å²) in [5.41, 5.74) is 11.2. The van der Waals surface area contributed by atoms with E-state index in [2.05, 4.69) is 23.9 Å². The van der Waals surface area contributed by atoms with Gasteiger partial charge in [-0.05, 0) is 87.9 Å². The number of halogens is 5. The fourth-order valence-electron chi connectivity index (χ4n) is 7.01. The number of rotatable bonds is 12. The average molecular weight is 786 g/mol. The molecular formula is C39H48ClF4N9O2. The molecule has 11 nitrogen and oxygen atoms in total. The number of aryl methyl sites for hydroxylation is 1. The minimum absolute atomic E-state index is 0.0867. The van der Waals surface area contributed by atoms with Crippen molar-refractivity contribution < 1.29 is 27.2 Å². The normalized spacial score (nSPS) is 19.4. The van der Waals surface area contributed by atoms with Crippen molar-refractivity contribution >= 4 is 34.7 Å². The number of imidazole rings is 2. The Hall–Kier alpha value is -4.37. The van der Waals surface area contributed by atoms with Crippen LogP contribution < -0.4 is 5.73 Å². The molecule has 4 aromatic heterocycles. The molecule has 0 bridgehead atoms. The van der Waals surface area contributed by atoms with Crippen molar-refractivity contribution in [2.75, 3.05) is 19.6 Å². The first-order chi connectivity index (χ1) is 26.5. The summed E-state index contributed by atoms with van der Waals surface area (Å²) < 4.78 is 53.5. The Labute approximate surface area is 322 Å². The molecule has 296 valence electrons. The number of fused-ring (bicyclic) bond motifs is 2. The first-order valence-electron chi connectivity index (χ1n) is 19.2. The van der Waals surface area contributed by atoms with Gasteiger partial charge in [-0.2, -0.15) is 27.8 Å². The van der Waals surface area contributed by atoms with E-state index in [1.165, 1.54) is 0 Å². The number of hydrogen-bond donors (Lipinski definition) is 1. The summed E-state index contributed by atoms with van der Waals surface area (Å²) in [6.07, 6.45) is 7.08. The molecule has 2 aliphatic heterocycles. The number of unbranched alkanes of at least 4 members (excludes halogenated alkanes) is 1. The molecule has 2 aliphatic carbocycles. The molecule has 0 radical (unpaired) electrons. The smallest absolute Gasteiger partial charge is 0.266 e. The van der Waals surface area contributed by atoms with Crippen molar-refractivity contribution in [2.24, 2.45) is 17.6 Å². The minimum atomic E-state index is -1.74. The van der Waals surface area contributed by atoms with E-state index in [4.69, 9.17) is 27.4 Å². The zero-order valence-electron chi connectivity index (χ0n) is 31.2. The Morgan fingerprint density at radius 3 is 1.67 bits per heavy atom. The highest BCUT2D eigenvalue weighted by atomic mass is 35.5. The fourth-order valence-corrected chi connectivity index (χ4v) is 7.15. The minimum Gasteiger partial charge on any atom is -0.336 e. The van der Waals surface area contributed by atoms with Crippen molar-refractivity contribution in [3.8, 4) is 0 Å². The van der Waals surface area contributed by atoms with Gasteiger partial charge in [0.2, 0.25) is 11.8 Å². The number of amides is 2. The molecule has 0 aromatic carbocycles. The SMILES string of the molecule is CCCCc1ccc2nc(C3CC3)c(CN3CC(C=C(F)F)CC3=O)n2n1.CCCN.O=C1CC(C=C(F)F)CN1Cc1c(C2CC2)nc2ccc(Cl)nn12. The fraction of sp³-hybridized carbons (Fsp3) is 0.538. The summed E-state index contributed by atoms with van der Waals surface area (Å²) in [5.74, 6) is -0.260. The summed E-state index contributed by atoms with van der Waals surface area (Å²) in [6, 6.07) is 7.48. The Morgan fingerprint density at radius 1 is 0.764 bits per heavy atom. The summed E-state index contributed by atoms with van der Waals surface area (Å²) >= 11 is 5.99. The molecule has 2 saturated carbocycles. The van der Waals surface area contributed by atoms with Crippen molar-refractivity contribution in [3.63, 3.8) is 0 Å². The van der Waals surface area contributed by atoms with Crippen molar-refractivity contribution in [2.45, 2.75) is 103 Å². The number of carbonyl (C=O) groups is 2. The van der Waals surface area contributed by atoms with E-state index in [0.717, 1.165) is 104 Å². The Morgan fingerprint density at radius 2 is 1.24 bits per heavy atom. The van der Waals surface area contributed by atoms with Crippen LogP contribution in [0.5, 0.6) is 0 Å². The van der Waals surface area contributed by atoms with Gasteiger partial charge in [-0.3, -0.25) is 9.59 Å². The van der Waals surface area contributed by atoms with Crippen LogP contribution in [0.3, 0.4) is 0 Å². The van der Waals surface area contributed by atoms with E-state index < -0.39 is 24.0 Å². The third-order valence-electron chi connectivity index (χ3n) is 10.1. The molecule has 0 spiro atoms. The molecule has 8 rings (SSSR count). The van der Waals surface area contributed by atoms with E-state index in [-0.39, 0.29) is 31.2 Å². The van der Waals surface area contributed by atoms with Gasteiger partial charge < -0.3 is 15.5 Å². The third kappa shape index (κ3) is 10.3. The largest absolute Gasteiger partial charge is 0.336 e. The Kier molecular flexibility index (Phi) is 13.2. The summed E-state index contributed by atoms with van der Waals surface area (Å²) in [7, 11) is 0. The second-order valence-electron chi connectivity index (χ2n) is 14.7. The number of hydrogen-bond acceptors (Lipinski definition) is 7. The number of aromatic nitrogens is 6. The Balaban J connectivity index is 0.000000172. The molecule has 2 unspecified atom stereocenters. The molecule has 4 aliphatic rings. The first kappa shape index (κ1) is 40.3. The number of nitrogens with two attached hydrogens (primary N) is 1.